The SMILES string of the molecule is O=C(O)CN(C(=O)/C=C/c1cc2c3c(c1)CCCN3CCC2)C(=S)S. The van der Waals surface area contributed by atoms with Crippen molar-refractivity contribution < 1.29 is 14.7 Å². The largest absolute Gasteiger partial charge is 0.480 e. The van der Waals surface area contributed by atoms with Gasteiger partial charge in [-0.3, -0.25) is 14.5 Å². The van der Waals surface area contributed by atoms with Gasteiger partial charge in [-0.1, -0.05) is 12.2 Å². The highest BCUT2D eigenvalue weighted by Crippen LogP contribution is 2.36. The first-order valence-electron chi connectivity index (χ1n) is 8.31. The highest BCUT2D eigenvalue weighted by Gasteiger charge is 2.24. The maximum atomic E-state index is 12.2. The Hall–Kier alpha value is -1.86. The molecule has 0 spiro atoms. The number of carboxylic acid groups (broad SMARTS) is 1. The Morgan fingerprint density at radius 2 is 1.84 bits per heavy atom. The zero-order valence-corrected chi connectivity index (χ0v) is 15.5. The van der Waals surface area contributed by atoms with E-state index in [1.54, 1.807) is 6.08 Å². The van der Waals surface area contributed by atoms with Crippen molar-refractivity contribution in [3.05, 3.63) is 34.9 Å². The standard InChI is InChI=1S/C18H20N2O3S2/c21-15(20(18(24)25)11-16(22)23)6-5-12-9-13-3-1-7-19-8-2-4-14(10-12)17(13)19/h5-6,9-10H,1-4,7-8,11H2,(H,22,23)(H,24,25)/b6-5+. The van der Waals surface area contributed by atoms with Gasteiger partial charge in [-0.05, 0) is 60.6 Å². The first-order valence-corrected chi connectivity index (χ1v) is 9.16. The first kappa shape index (κ1) is 17.9. The topological polar surface area (TPSA) is 60.9 Å². The molecule has 2 heterocycles. The van der Waals surface area contributed by atoms with Crippen LogP contribution in [-0.4, -0.2) is 45.8 Å². The van der Waals surface area contributed by atoms with Crippen LogP contribution >= 0.6 is 24.8 Å². The van der Waals surface area contributed by atoms with Crippen molar-refractivity contribution in [2.24, 2.45) is 0 Å². The summed E-state index contributed by atoms with van der Waals surface area (Å²) in [5, 5.41) is 8.88. The van der Waals surface area contributed by atoms with Gasteiger partial charge >= 0.3 is 5.97 Å². The zero-order valence-electron chi connectivity index (χ0n) is 13.8. The maximum absolute atomic E-state index is 12.2. The molecule has 0 unspecified atom stereocenters. The van der Waals surface area contributed by atoms with Gasteiger partial charge in [0, 0.05) is 24.9 Å². The number of carboxylic acids is 1. The molecule has 0 aliphatic carbocycles. The second-order valence-corrected chi connectivity index (χ2v) is 7.43. The van der Waals surface area contributed by atoms with Crippen molar-refractivity contribution >= 4 is 52.8 Å². The van der Waals surface area contributed by atoms with Gasteiger partial charge in [-0.25, -0.2) is 0 Å². The van der Waals surface area contributed by atoms with Gasteiger partial charge in [-0.15, -0.1) is 12.6 Å². The minimum Gasteiger partial charge on any atom is -0.480 e. The third-order valence-electron chi connectivity index (χ3n) is 4.56. The molecule has 2 aliphatic rings. The van der Waals surface area contributed by atoms with Crippen LogP contribution < -0.4 is 4.90 Å². The van der Waals surface area contributed by atoms with Crippen molar-refractivity contribution in [2.45, 2.75) is 25.7 Å². The van der Waals surface area contributed by atoms with Crippen LogP contribution in [0.1, 0.15) is 29.5 Å². The van der Waals surface area contributed by atoms with Crippen molar-refractivity contribution in [3.8, 4) is 0 Å². The van der Waals surface area contributed by atoms with Crippen LogP contribution in [0.5, 0.6) is 0 Å². The number of aryl methyl sites for hydroxylation is 2. The number of benzene rings is 1. The van der Waals surface area contributed by atoms with Gasteiger partial charge in [-0.2, -0.15) is 0 Å². The molecule has 5 nitrogen and oxygen atoms in total. The molecule has 0 saturated carbocycles. The smallest absolute Gasteiger partial charge is 0.323 e. The Bertz CT molecular complexity index is 730. The average Bonchev–Trinajstić information content (AvgIpc) is 2.57. The predicted molar refractivity (Wildman–Crippen MR) is 105 cm³/mol. The molecule has 0 bridgehead atoms. The molecule has 0 aromatic heterocycles. The minimum absolute atomic E-state index is 0.0479. The van der Waals surface area contributed by atoms with Gasteiger partial charge in [0.05, 0.1) is 0 Å². The monoisotopic (exact) mass is 376 g/mol. The molecule has 0 saturated heterocycles. The van der Waals surface area contributed by atoms with Crippen LogP contribution in [0.4, 0.5) is 5.69 Å². The van der Waals surface area contributed by atoms with E-state index in [1.807, 2.05) is 0 Å². The number of carbonyl (C=O) groups is 2. The summed E-state index contributed by atoms with van der Waals surface area (Å²) in [6.45, 7) is 1.75. The second-order valence-electron chi connectivity index (χ2n) is 6.32. The number of hydrogen-bond acceptors (Lipinski definition) is 4. The Kier molecular flexibility index (Phi) is 5.44. The predicted octanol–water partition coefficient (Wildman–Crippen LogP) is 2.53. The number of thiocarbonyl (C=S) groups is 1. The number of aliphatic carboxylic acids is 1. The molecule has 1 aromatic rings. The third kappa shape index (κ3) is 4.04. The number of carbonyl (C=O) groups excluding carboxylic acids is 1. The van der Waals surface area contributed by atoms with Crippen molar-refractivity contribution in [3.63, 3.8) is 0 Å². The summed E-state index contributed by atoms with van der Waals surface area (Å²) in [5.41, 5.74) is 5.02. The van der Waals surface area contributed by atoms with Crippen LogP contribution in [0.15, 0.2) is 18.2 Å². The molecule has 1 amide bonds. The number of anilines is 1. The lowest BCUT2D eigenvalue weighted by Crippen LogP contribution is -2.36. The summed E-state index contributed by atoms with van der Waals surface area (Å²) in [6, 6.07) is 4.25. The van der Waals surface area contributed by atoms with Gasteiger partial charge in [0.25, 0.3) is 5.91 Å². The van der Waals surface area contributed by atoms with Crippen molar-refractivity contribution in [1.82, 2.24) is 4.90 Å². The van der Waals surface area contributed by atoms with Crippen LogP contribution in [-0.2, 0) is 22.4 Å². The molecular formula is C18H20N2O3S2. The van der Waals surface area contributed by atoms with Crippen molar-refractivity contribution in [1.29, 1.82) is 0 Å². The summed E-state index contributed by atoms with van der Waals surface area (Å²) in [6.07, 6.45) is 7.51. The van der Waals surface area contributed by atoms with E-state index in [4.69, 9.17) is 17.3 Å². The number of thiol groups is 1. The first-order chi connectivity index (χ1) is 12.0. The van der Waals surface area contributed by atoms with E-state index in [1.165, 1.54) is 22.9 Å². The summed E-state index contributed by atoms with van der Waals surface area (Å²) in [7, 11) is 0. The molecule has 132 valence electrons. The average molecular weight is 377 g/mol. The molecule has 0 fully saturated rings. The highest BCUT2D eigenvalue weighted by atomic mass is 32.1. The zero-order chi connectivity index (χ0) is 18.0. The van der Waals surface area contributed by atoms with Crippen molar-refractivity contribution in [2.75, 3.05) is 24.5 Å². The molecule has 0 atom stereocenters. The maximum Gasteiger partial charge on any atom is 0.323 e. The van der Waals surface area contributed by atoms with E-state index in [0.29, 0.717) is 0 Å². The molecule has 3 rings (SSSR count). The van der Waals surface area contributed by atoms with E-state index < -0.39 is 18.4 Å². The summed E-state index contributed by atoms with van der Waals surface area (Å²) in [5.74, 6) is -1.60. The molecular weight excluding hydrogens is 356 g/mol. The number of rotatable bonds is 4. The van der Waals surface area contributed by atoms with Gasteiger partial charge in [0.1, 0.15) is 10.9 Å². The lowest BCUT2D eigenvalue weighted by atomic mass is 9.90. The fourth-order valence-electron chi connectivity index (χ4n) is 3.56. The number of amides is 1. The molecule has 25 heavy (non-hydrogen) atoms. The quantitative estimate of drug-likeness (QED) is 0.480. The molecule has 0 radical (unpaired) electrons. The molecule has 7 heteroatoms. The number of nitrogens with zero attached hydrogens (tertiary/aromatic N) is 2. The van der Waals surface area contributed by atoms with E-state index in [9.17, 15) is 9.59 Å². The molecule has 2 aliphatic heterocycles. The fraction of sp³-hybridized carbons (Fsp3) is 0.389. The summed E-state index contributed by atoms with van der Waals surface area (Å²) >= 11 is 8.78. The Morgan fingerprint density at radius 1 is 1.24 bits per heavy atom. The van der Waals surface area contributed by atoms with E-state index >= 15 is 0 Å². The molecule has 1 aromatic carbocycles. The minimum atomic E-state index is -1.13. The summed E-state index contributed by atoms with van der Waals surface area (Å²) in [4.78, 5) is 26.5. The Morgan fingerprint density at radius 3 is 2.36 bits per heavy atom. The van der Waals surface area contributed by atoms with E-state index in [2.05, 4.69) is 29.7 Å². The lowest BCUT2D eigenvalue weighted by Gasteiger charge is -2.37. The third-order valence-corrected chi connectivity index (χ3v) is 5.03. The van der Waals surface area contributed by atoms with Crippen LogP contribution in [0.3, 0.4) is 0 Å². The Balaban J connectivity index is 1.83. The van der Waals surface area contributed by atoms with Gasteiger partial charge in [0.2, 0.25) is 0 Å². The lowest BCUT2D eigenvalue weighted by molar-refractivity contribution is -0.140. The Labute approximate surface area is 157 Å². The normalized spacial score (nSPS) is 15.8. The van der Waals surface area contributed by atoms with E-state index in [0.717, 1.165) is 49.2 Å². The highest BCUT2D eigenvalue weighted by molar-refractivity contribution is 8.11. The van der Waals surface area contributed by atoms with Crippen LogP contribution in [0.2, 0.25) is 0 Å². The van der Waals surface area contributed by atoms with Gasteiger partial charge < -0.3 is 10.0 Å². The molecule has 1 N–H and O–H groups in total. The van der Waals surface area contributed by atoms with Crippen LogP contribution in [0, 0.1) is 0 Å². The fourth-order valence-corrected chi connectivity index (χ4v) is 3.88. The van der Waals surface area contributed by atoms with Gasteiger partial charge in [0.15, 0.2) is 0 Å². The van der Waals surface area contributed by atoms with Crippen LogP contribution in [0.25, 0.3) is 6.08 Å². The second kappa shape index (κ2) is 7.58. The summed E-state index contributed by atoms with van der Waals surface area (Å²) < 4.78 is -0.0479. The number of hydrogen-bond donors (Lipinski definition) is 2. The van der Waals surface area contributed by atoms with E-state index in [-0.39, 0.29) is 4.32 Å².